The molecule has 1 aliphatic carbocycles. The highest BCUT2D eigenvalue weighted by molar-refractivity contribution is 5.55. The molecule has 0 saturated heterocycles. The highest BCUT2D eigenvalue weighted by Gasteiger charge is 2.30. The third-order valence-corrected chi connectivity index (χ3v) is 4.32. The van der Waals surface area contributed by atoms with Gasteiger partial charge in [0.05, 0.1) is 7.11 Å². The number of aryl methyl sites for hydroxylation is 1. The van der Waals surface area contributed by atoms with Crippen molar-refractivity contribution in [3.63, 3.8) is 0 Å². The van der Waals surface area contributed by atoms with E-state index in [0.717, 1.165) is 18.5 Å². The number of rotatable bonds is 4. The molecule has 0 aliphatic heterocycles. The van der Waals surface area contributed by atoms with E-state index in [1.807, 2.05) is 6.07 Å². The third-order valence-electron chi connectivity index (χ3n) is 4.32. The molecule has 2 N–H and O–H groups in total. The van der Waals surface area contributed by atoms with Crippen molar-refractivity contribution in [3.05, 3.63) is 53.6 Å². The number of nitrogens with one attached hydrogen (secondary N) is 1. The van der Waals surface area contributed by atoms with E-state index in [0.29, 0.717) is 17.7 Å². The molecule has 110 valence electrons. The molecule has 0 heterocycles. The van der Waals surface area contributed by atoms with Gasteiger partial charge >= 0.3 is 0 Å². The normalized spacial score (nSPS) is 20.7. The summed E-state index contributed by atoms with van der Waals surface area (Å²) in [5.74, 6) is 1.33. The zero-order valence-corrected chi connectivity index (χ0v) is 12.5. The van der Waals surface area contributed by atoms with E-state index < -0.39 is 0 Å². The molecule has 3 rings (SSSR count). The van der Waals surface area contributed by atoms with Gasteiger partial charge in [-0.3, -0.25) is 0 Å². The van der Waals surface area contributed by atoms with Crippen molar-refractivity contribution < 1.29 is 9.84 Å². The summed E-state index contributed by atoms with van der Waals surface area (Å²) >= 11 is 0. The number of phenols is 1. The zero-order valence-electron chi connectivity index (χ0n) is 12.5. The molecule has 21 heavy (non-hydrogen) atoms. The summed E-state index contributed by atoms with van der Waals surface area (Å²) in [6.07, 6.45) is 2.27. The van der Waals surface area contributed by atoms with Gasteiger partial charge < -0.3 is 15.2 Å². The molecule has 3 nitrogen and oxygen atoms in total. The first-order valence-corrected chi connectivity index (χ1v) is 7.36. The highest BCUT2D eigenvalue weighted by atomic mass is 16.5. The number of hydrogen-bond acceptors (Lipinski definition) is 3. The van der Waals surface area contributed by atoms with Crippen LogP contribution in [-0.2, 0) is 0 Å². The number of anilines is 1. The molecular weight excluding hydrogens is 262 g/mol. The van der Waals surface area contributed by atoms with E-state index in [-0.39, 0.29) is 5.75 Å². The Morgan fingerprint density at radius 2 is 1.90 bits per heavy atom. The Morgan fingerprint density at radius 3 is 2.57 bits per heavy atom. The van der Waals surface area contributed by atoms with Gasteiger partial charge in [0, 0.05) is 17.8 Å². The monoisotopic (exact) mass is 283 g/mol. The van der Waals surface area contributed by atoms with Crippen LogP contribution in [0.4, 0.5) is 5.69 Å². The van der Waals surface area contributed by atoms with Crippen LogP contribution >= 0.6 is 0 Å². The van der Waals surface area contributed by atoms with Crippen molar-refractivity contribution in [2.75, 3.05) is 12.4 Å². The van der Waals surface area contributed by atoms with Crippen molar-refractivity contribution in [1.29, 1.82) is 0 Å². The molecule has 0 spiro atoms. The minimum Gasteiger partial charge on any atom is -0.504 e. The predicted octanol–water partition coefficient (Wildman–Crippen LogP) is 4.07. The van der Waals surface area contributed by atoms with Gasteiger partial charge in [-0.1, -0.05) is 24.3 Å². The van der Waals surface area contributed by atoms with Gasteiger partial charge in [0.2, 0.25) is 0 Å². The average molecular weight is 283 g/mol. The second-order valence-corrected chi connectivity index (χ2v) is 5.75. The summed E-state index contributed by atoms with van der Waals surface area (Å²) in [4.78, 5) is 0. The SMILES string of the molecule is COc1ccc(NC2CC(c3ccccc3C)C2)cc1O. The van der Waals surface area contributed by atoms with Crippen molar-refractivity contribution in [2.45, 2.75) is 31.7 Å². The van der Waals surface area contributed by atoms with Crippen LogP contribution in [-0.4, -0.2) is 18.3 Å². The summed E-state index contributed by atoms with van der Waals surface area (Å²) in [6.45, 7) is 2.18. The molecule has 1 saturated carbocycles. The lowest BCUT2D eigenvalue weighted by Gasteiger charge is -2.37. The van der Waals surface area contributed by atoms with Gasteiger partial charge in [0.25, 0.3) is 0 Å². The Morgan fingerprint density at radius 1 is 1.14 bits per heavy atom. The number of aromatic hydroxyl groups is 1. The van der Waals surface area contributed by atoms with E-state index >= 15 is 0 Å². The molecule has 1 fully saturated rings. The third kappa shape index (κ3) is 2.82. The molecule has 1 aliphatic rings. The maximum absolute atomic E-state index is 9.80. The lowest BCUT2D eigenvalue weighted by molar-refractivity contribution is 0.369. The van der Waals surface area contributed by atoms with Crippen LogP contribution in [0.2, 0.25) is 0 Å². The zero-order chi connectivity index (χ0) is 14.8. The molecule has 2 aromatic rings. The quantitative estimate of drug-likeness (QED) is 0.889. The van der Waals surface area contributed by atoms with Crippen LogP contribution < -0.4 is 10.1 Å². The van der Waals surface area contributed by atoms with Gasteiger partial charge in [-0.25, -0.2) is 0 Å². The first kappa shape index (κ1) is 13.8. The van der Waals surface area contributed by atoms with Gasteiger partial charge in [-0.15, -0.1) is 0 Å². The lowest BCUT2D eigenvalue weighted by atomic mass is 9.74. The maximum Gasteiger partial charge on any atom is 0.160 e. The Labute approximate surface area is 125 Å². The Kier molecular flexibility index (Phi) is 3.74. The predicted molar refractivity (Wildman–Crippen MR) is 85.2 cm³/mol. The van der Waals surface area contributed by atoms with Crippen LogP contribution in [0, 0.1) is 6.92 Å². The van der Waals surface area contributed by atoms with Crippen LogP contribution in [0.5, 0.6) is 11.5 Å². The van der Waals surface area contributed by atoms with Gasteiger partial charge in [-0.2, -0.15) is 0 Å². The van der Waals surface area contributed by atoms with Gasteiger partial charge in [0.1, 0.15) is 0 Å². The number of hydrogen-bond donors (Lipinski definition) is 2. The first-order valence-electron chi connectivity index (χ1n) is 7.36. The van der Waals surface area contributed by atoms with Crippen LogP contribution in [0.15, 0.2) is 42.5 Å². The molecule has 2 aromatic carbocycles. The fourth-order valence-electron chi connectivity index (χ4n) is 3.05. The smallest absolute Gasteiger partial charge is 0.160 e. The van der Waals surface area contributed by atoms with Gasteiger partial charge in [-0.05, 0) is 48.9 Å². The Hall–Kier alpha value is -2.16. The summed E-state index contributed by atoms with van der Waals surface area (Å²) in [6, 6.07) is 14.5. The van der Waals surface area contributed by atoms with E-state index in [2.05, 4.69) is 36.5 Å². The average Bonchev–Trinajstić information content (AvgIpc) is 2.44. The summed E-state index contributed by atoms with van der Waals surface area (Å²) in [5.41, 5.74) is 3.79. The fourth-order valence-corrected chi connectivity index (χ4v) is 3.05. The summed E-state index contributed by atoms with van der Waals surface area (Å²) < 4.78 is 5.06. The van der Waals surface area contributed by atoms with Crippen LogP contribution in [0.25, 0.3) is 0 Å². The standard InChI is InChI=1S/C18H21NO2/c1-12-5-3-4-6-16(12)13-9-15(10-13)19-14-7-8-18(21-2)17(20)11-14/h3-8,11,13,15,19-20H,9-10H2,1-2H3. The second-order valence-electron chi connectivity index (χ2n) is 5.75. The van der Waals surface area contributed by atoms with Gasteiger partial charge in [0.15, 0.2) is 11.5 Å². The molecule has 0 aromatic heterocycles. The lowest BCUT2D eigenvalue weighted by Crippen LogP contribution is -2.34. The molecule has 0 bridgehead atoms. The minimum absolute atomic E-state index is 0.178. The van der Waals surface area contributed by atoms with Crippen LogP contribution in [0.1, 0.15) is 29.9 Å². The maximum atomic E-state index is 9.80. The number of benzene rings is 2. The van der Waals surface area contributed by atoms with E-state index in [9.17, 15) is 5.11 Å². The largest absolute Gasteiger partial charge is 0.504 e. The number of ether oxygens (including phenoxy) is 1. The topological polar surface area (TPSA) is 41.5 Å². The number of phenolic OH excluding ortho intramolecular Hbond substituents is 1. The van der Waals surface area contributed by atoms with Crippen molar-refractivity contribution >= 4 is 5.69 Å². The Bertz CT molecular complexity index is 633. The minimum atomic E-state index is 0.178. The van der Waals surface area contributed by atoms with E-state index in [4.69, 9.17) is 4.74 Å². The molecule has 0 amide bonds. The van der Waals surface area contributed by atoms with Crippen molar-refractivity contribution in [3.8, 4) is 11.5 Å². The Balaban J connectivity index is 1.60. The van der Waals surface area contributed by atoms with Crippen LogP contribution in [0.3, 0.4) is 0 Å². The summed E-state index contributed by atoms with van der Waals surface area (Å²) in [5, 5.41) is 13.3. The second kappa shape index (κ2) is 5.68. The first-order chi connectivity index (χ1) is 10.2. The number of methoxy groups -OCH3 is 1. The molecule has 3 heteroatoms. The molecule has 0 radical (unpaired) electrons. The van der Waals surface area contributed by atoms with E-state index in [1.165, 1.54) is 11.1 Å². The van der Waals surface area contributed by atoms with Crippen molar-refractivity contribution in [2.24, 2.45) is 0 Å². The molecule has 0 atom stereocenters. The van der Waals surface area contributed by atoms with E-state index in [1.54, 1.807) is 19.2 Å². The molecule has 0 unspecified atom stereocenters. The van der Waals surface area contributed by atoms with Crippen molar-refractivity contribution in [1.82, 2.24) is 0 Å². The molecular formula is C18H21NO2. The highest BCUT2D eigenvalue weighted by Crippen LogP contribution is 2.40. The summed E-state index contributed by atoms with van der Waals surface area (Å²) in [7, 11) is 1.56. The fraction of sp³-hybridized carbons (Fsp3) is 0.333.